The third kappa shape index (κ3) is 3.27. The summed E-state index contributed by atoms with van der Waals surface area (Å²) in [4.78, 5) is 16.1. The lowest BCUT2D eigenvalue weighted by atomic mass is 9.93. The minimum absolute atomic E-state index is 0.00961. The van der Waals surface area contributed by atoms with E-state index >= 15 is 0 Å². The van der Waals surface area contributed by atoms with Gasteiger partial charge in [0, 0.05) is 11.3 Å². The fraction of sp³-hybridized carbons (Fsp3) is 0.250. The van der Waals surface area contributed by atoms with Gasteiger partial charge in [0.1, 0.15) is 11.8 Å². The zero-order valence-electron chi connectivity index (χ0n) is 18.1. The van der Waals surface area contributed by atoms with Crippen LogP contribution in [0.1, 0.15) is 34.6 Å². The Morgan fingerprint density at radius 1 is 1.21 bits per heavy atom. The van der Waals surface area contributed by atoms with E-state index in [0.717, 1.165) is 45.1 Å². The number of carbonyl (C=O) groups excluding carboxylic acids is 1. The number of nitrogens with zero attached hydrogens (tertiary/aromatic N) is 4. The van der Waals surface area contributed by atoms with Crippen LogP contribution in [0.15, 0.2) is 40.9 Å². The number of aromatic nitrogens is 1. The molecule has 6 nitrogen and oxygen atoms in total. The Morgan fingerprint density at radius 3 is 2.62 bits per heavy atom. The number of halogens is 3. The second kappa shape index (κ2) is 7.67. The van der Waals surface area contributed by atoms with Crippen molar-refractivity contribution >= 4 is 34.6 Å². The number of alkyl halides is 3. The molecular formula is C24H17F3N4O2S. The number of rotatable bonds is 2. The van der Waals surface area contributed by atoms with Gasteiger partial charge in [0.05, 0.1) is 28.6 Å². The first-order chi connectivity index (χ1) is 16.1. The Hall–Kier alpha value is -3.71. The minimum atomic E-state index is -4.74. The van der Waals surface area contributed by atoms with Crippen molar-refractivity contribution < 1.29 is 22.5 Å². The maximum Gasteiger partial charge on any atom is 0.417 e. The highest BCUT2D eigenvalue weighted by atomic mass is 32.1. The van der Waals surface area contributed by atoms with Crippen LogP contribution < -0.4 is 9.80 Å². The van der Waals surface area contributed by atoms with Crippen LogP contribution in [-0.2, 0) is 17.4 Å². The molecule has 1 saturated heterocycles. The second-order valence-electron chi connectivity index (χ2n) is 8.26. The summed E-state index contributed by atoms with van der Waals surface area (Å²) in [5, 5.41) is 13.2. The van der Waals surface area contributed by atoms with Crippen LogP contribution in [0.25, 0.3) is 11.1 Å². The summed E-state index contributed by atoms with van der Waals surface area (Å²) in [6, 6.07) is 9.91. The summed E-state index contributed by atoms with van der Waals surface area (Å²) < 4.78 is 45.7. The number of thiocarbonyl (C=S) groups is 1. The molecule has 34 heavy (non-hydrogen) atoms. The quantitative estimate of drug-likeness (QED) is 0.462. The van der Waals surface area contributed by atoms with Crippen LogP contribution in [0, 0.1) is 25.2 Å². The predicted molar refractivity (Wildman–Crippen MR) is 122 cm³/mol. The van der Waals surface area contributed by atoms with E-state index in [1.165, 1.54) is 6.07 Å². The molecule has 1 fully saturated rings. The number of fused-ring (bicyclic) bond motifs is 3. The summed E-state index contributed by atoms with van der Waals surface area (Å²) in [6.07, 6.45) is -3.66. The lowest BCUT2D eigenvalue weighted by Crippen LogP contribution is -2.39. The van der Waals surface area contributed by atoms with E-state index in [1.807, 2.05) is 32.0 Å². The van der Waals surface area contributed by atoms with Crippen molar-refractivity contribution in [1.29, 1.82) is 5.26 Å². The van der Waals surface area contributed by atoms with Crippen LogP contribution in [0.3, 0.4) is 0 Å². The van der Waals surface area contributed by atoms with Crippen LogP contribution in [0.2, 0.25) is 0 Å². The maximum absolute atomic E-state index is 13.5. The van der Waals surface area contributed by atoms with Crippen molar-refractivity contribution in [3.05, 3.63) is 64.5 Å². The van der Waals surface area contributed by atoms with Crippen LogP contribution in [0.4, 0.5) is 24.5 Å². The summed E-state index contributed by atoms with van der Waals surface area (Å²) in [6.45, 7) is 3.70. The van der Waals surface area contributed by atoms with Gasteiger partial charge in [0.25, 0.3) is 5.91 Å². The standard InChI is InChI=1S/C24H17F3N4O2S/c1-12-21(13(2)33-29-12)15-5-7-19-14(9-15)4-8-20-22(32)30(23(34)31(19)20)17-6-3-16(11-28)18(10-17)24(25,26)27/h3,5-7,9-10,20H,4,8H2,1-2H3. The zero-order chi connectivity index (χ0) is 24.4. The highest BCUT2D eigenvalue weighted by Gasteiger charge is 2.47. The highest BCUT2D eigenvalue weighted by Crippen LogP contribution is 2.42. The molecular weight excluding hydrogens is 465 g/mol. The lowest BCUT2D eigenvalue weighted by molar-refractivity contribution is -0.137. The molecule has 172 valence electrons. The predicted octanol–water partition coefficient (Wildman–Crippen LogP) is 5.30. The van der Waals surface area contributed by atoms with E-state index < -0.39 is 23.3 Å². The van der Waals surface area contributed by atoms with E-state index in [9.17, 15) is 18.0 Å². The number of hydrogen-bond acceptors (Lipinski definition) is 5. The van der Waals surface area contributed by atoms with Crippen molar-refractivity contribution in [3.8, 4) is 17.2 Å². The van der Waals surface area contributed by atoms with Crippen molar-refractivity contribution in [3.63, 3.8) is 0 Å². The van der Waals surface area contributed by atoms with Gasteiger partial charge in [0.2, 0.25) is 0 Å². The monoisotopic (exact) mass is 482 g/mol. The van der Waals surface area contributed by atoms with Crippen LogP contribution in [-0.4, -0.2) is 22.2 Å². The highest BCUT2D eigenvalue weighted by molar-refractivity contribution is 7.81. The summed E-state index contributed by atoms with van der Waals surface area (Å²) in [5.41, 5.74) is 2.71. The Labute approximate surface area is 198 Å². The van der Waals surface area contributed by atoms with Crippen LogP contribution in [0.5, 0.6) is 0 Å². The first kappa shape index (κ1) is 22.1. The maximum atomic E-state index is 13.5. The van der Waals surface area contributed by atoms with E-state index in [1.54, 1.807) is 11.0 Å². The van der Waals surface area contributed by atoms with Crippen LogP contribution >= 0.6 is 12.2 Å². The molecule has 3 aromatic rings. The van der Waals surface area contributed by atoms with Gasteiger partial charge in [-0.2, -0.15) is 18.4 Å². The Morgan fingerprint density at radius 2 is 1.97 bits per heavy atom. The van der Waals surface area contributed by atoms with Gasteiger partial charge in [-0.05, 0) is 80.4 Å². The molecule has 3 heterocycles. The van der Waals surface area contributed by atoms with E-state index in [-0.39, 0.29) is 16.7 Å². The van der Waals surface area contributed by atoms with E-state index in [4.69, 9.17) is 22.0 Å². The topological polar surface area (TPSA) is 73.4 Å². The molecule has 0 N–H and O–H groups in total. The van der Waals surface area contributed by atoms with Gasteiger partial charge >= 0.3 is 6.18 Å². The third-order valence-electron chi connectivity index (χ3n) is 6.25. The van der Waals surface area contributed by atoms with Crippen molar-refractivity contribution in [2.24, 2.45) is 0 Å². The Bertz CT molecular complexity index is 1390. The fourth-order valence-electron chi connectivity index (χ4n) is 4.72. The number of anilines is 2. The van der Waals surface area contributed by atoms with Gasteiger partial charge in [0.15, 0.2) is 5.11 Å². The van der Waals surface area contributed by atoms with Gasteiger partial charge in [-0.1, -0.05) is 11.2 Å². The molecule has 2 aromatic carbocycles. The second-order valence-corrected chi connectivity index (χ2v) is 8.63. The number of amides is 1. The molecule has 0 bridgehead atoms. The average Bonchev–Trinajstić information content (AvgIpc) is 3.27. The van der Waals surface area contributed by atoms with E-state index in [0.29, 0.717) is 18.6 Å². The van der Waals surface area contributed by atoms with Crippen molar-refractivity contribution in [2.75, 3.05) is 9.80 Å². The van der Waals surface area contributed by atoms with Gasteiger partial charge in [-0.3, -0.25) is 9.69 Å². The summed E-state index contributed by atoms with van der Waals surface area (Å²) in [5.74, 6) is 0.314. The number of benzene rings is 2. The first-order valence-electron chi connectivity index (χ1n) is 10.5. The number of nitriles is 1. The molecule has 1 unspecified atom stereocenters. The SMILES string of the molecule is Cc1noc(C)c1-c1ccc2c(c1)CCC1C(=O)N(c3ccc(C#N)c(C(F)(F)F)c3)C(=S)N21. The van der Waals surface area contributed by atoms with Gasteiger partial charge < -0.3 is 9.42 Å². The van der Waals surface area contributed by atoms with Crippen molar-refractivity contribution in [1.82, 2.24) is 5.16 Å². The minimum Gasteiger partial charge on any atom is -0.361 e. The summed E-state index contributed by atoms with van der Waals surface area (Å²) in [7, 11) is 0. The Kier molecular flexibility index (Phi) is 4.98. The van der Waals surface area contributed by atoms with Crippen molar-refractivity contribution in [2.45, 2.75) is 38.9 Å². The largest absolute Gasteiger partial charge is 0.417 e. The molecule has 0 spiro atoms. The summed E-state index contributed by atoms with van der Waals surface area (Å²) >= 11 is 5.59. The molecule has 1 aromatic heterocycles. The van der Waals surface area contributed by atoms with E-state index in [2.05, 4.69) is 5.16 Å². The number of aryl methyl sites for hydroxylation is 3. The lowest BCUT2D eigenvalue weighted by Gasteiger charge is -2.31. The smallest absolute Gasteiger partial charge is 0.361 e. The molecule has 2 aliphatic heterocycles. The molecule has 1 atom stereocenters. The number of carbonyl (C=O) groups is 1. The fourth-order valence-corrected chi connectivity index (χ4v) is 5.14. The Balaban J connectivity index is 1.55. The normalized spacial score (nSPS) is 17.6. The number of hydrogen-bond donors (Lipinski definition) is 0. The molecule has 10 heteroatoms. The van der Waals surface area contributed by atoms with Gasteiger partial charge in [-0.25, -0.2) is 0 Å². The first-order valence-corrected chi connectivity index (χ1v) is 10.9. The van der Waals surface area contributed by atoms with Gasteiger partial charge in [-0.15, -0.1) is 0 Å². The third-order valence-corrected chi connectivity index (χ3v) is 6.63. The zero-order valence-corrected chi connectivity index (χ0v) is 18.9. The molecule has 5 rings (SSSR count). The average molecular weight is 482 g/mol. The molecule has 1 amide bonds. The molecule has 0 saturated carbocycles. The molecule has 0 radical (unpaired) electrons. The molecule has 0 aliphatic carbocycles. The molecule has 2 aliphatic rings.